The molecule has 6 nitrogen and oxygen atoms in total. The van der Waals surface area contributed by atoms with Crippen molar-refractivity contribution in [3.8, 4) is 0 Å². The van der Waals surface area contributed by atoms with Crippen LogP contribution in [-0.2, 0) is 15.5 Å². The predicted molar refractivity (Wildman–Crippen MR) is 108 cm³/mol. The molecule has 1 aromatic carbocycles. The first-order valence-electron chi connectivity index (χ1n) is 8.17. The van der Waals surface area contributed by atoms with Gasteiger partial charge in [-0.3, -0.25) is 9.11 Å². The van der Waals surface area contributed by atoms with E-state index in [1.165, 1.54) is 22.7 Å². The summed E-state index contributed by atoms with van der Waals surface area (Å²) in [4.78, 5) is 15.4. The van der Waals surface area contributed by atoms with Gasteiger partial charge in [0, 0.05) is 35.4 Å². The molecule has 2 heterocycles. The van der Waals surface area contributed by atoms with Crippen LogP contribution in [0, 0.1) is 5.82 Å². The smallest absolute Gasteiger partial charge is 0.414 e. The molecule has 1 atom stereocenters. The molecule has 26 heavy (non-hydrogen) atoms. The summed E-state index contributed by atoms with van der Waals surface area (Å²) in [6.45, 7) is 1.90. The standard InChI is InChI=1S/C16H20FN3O3S3/c1-25-15(24)18-9-12-10-20(16(21)23-12)11-2-3-14(13(17)8-11)19-4-6-26(22)7-5-19/h2-3,8,12H,4-7,9-10H2,1H3,(H,18,24)/t12-/m0/s1. The van der Waals surface area contributed by atoms with E-state index in [4.69, 9.17) is 17.0 Å². The molecule has 2 aliphatic heterocycles. The molecule has 0 unspecified atom stereocenters. The number of thioether (sulfide) groups is 1. The van der Waals surface area contributed by atoms with Crippen molar-refractivity contribution >= 4 is 56.6 Å². The minimum absolute atomic E-state index is 0.338. The number of cyclic esters (lactones) is 1. The first kappa shape index (κ1) is 19.4. The molecule has 1 aromatic rings. The molecular weight excluding hydrogens is 397 g/mol. The Hall–Kier alpha value is -1.39. The fourth-order valence-corrected chi connectivity index (χ4v) is 4.27. The Balaban J connectivity index is 1.66. The van der Waals surface area contributed by atoms with Crippen molar-refractivity contribution in [3.05, 3.63) is 24.0 Å². The maximum Gasteiger partial charge on any atom is 0.414 e. The molecule has 2 aliphatic rings. The number of ether oxygens (including phenoxy) is 1. The number of thiocarbonyl (C=S) groups is 1. The Bertz CT molecular complexity index is 724. The zero-order chi connectivity index (χ0) is 18.7. The SMILES string of the molecule is CSC(=S)NC[C@H]1CN(c2ccc(N3CCS(=O)CC3)c(F)c2)C(=O)O1. The fourth-order valence-electron chi connectivity index (χ4n) is 2.91. The summed E-state index contributed by atoms with van der Waals surface area (Å²) < 4.78 is 32.0. The van der Waals surface area contributed by atoms with Crippen LogP contribution in [0.5, 0.6) is 0 Å². The summed E-state index contributed by atoms with van der Waals surface area (Å²) in [7, 11) is -0.813. The van der Waals surface area contributed by atoms with E-state index in [-0.39, 0.29) is 6.10 Å². The highest BCUT2D eigenvalue weighted by Gasteiger charge is 2.33. The quantitative estimate of drug-likeness (QED) is 0.752. The summed E-state index contributed by atoms with van der Waals surface area (Å²) in [5.74, 6) is 0.700. The van der Waals surface area contributed by atoms with Crippen molar-refractivity contribution in [2.75, 3.05) is 53.7 Å². The van der Waals surface area contributed by atoms with E-state index in [0.29, 0.717) is 53.4 Å². The van der Waals surface area contributed by atoms with E-state index >= 15 is 0 Å². The highest BCUT2D eigenvalue weighted by molar-refractivity contribution is 8.22. The lowest BCUT2D eigenvalue weighted by molar-refractivity contribution is 0.143. The number of carbonyl (C=O) groups is 1. The summed E-state index contributed by atoms with van der Waals surface area (Å²) in [6, 6.07) is 4.73. The second kappa shape index (κ2) is 8.53. The number of nitrogens with one attached hydrogen (secondary N) is 1. The number of halogens is 1. The van der Waals surface area contributed by atoms with Crippen LogP contribution in [0.2, 0.25) is 0 Å². The third-order valence-corrected chi connectivity index (χ3v) is 6.73. The molecule has 142 valence electrons. The second-order valence-electron chi connectivity index (χ2n) is 5.96. The summed E-state index contributed by atoms with van der Waals surface area (Å²) in [5, 5.41) is 3.02. The Morgan fingerprint density at radius 2 is 2.19 bits per heavy atom. The van der Waals surface area contributed by atoms with Gasteiger partial charge in [-0.05, 0) is 24.5 Å². The number of rotatable bonds is 4. The van der Waals surface area contributed by atoms with Crippen LogP contribution in [0.25, 0.3) is 0 Å². The van der Waals surface area contributed by atoms with E-state index in [2.05, 4.69) is 5.32 Å². The van der Waals surface area contributed by atoms with Crippen LogP contribution in [0.1, 0.15) is 0 Å². The Kier molecular flexibility index (Phi) is 6.36. The molecular formula is C16H20FN3O3S3. The zero-order valence-electron chi connectivity index (χ0n) is 14.3. The van der Waals surface area contributed by atoms with Crippen molar-refractivity contribution in [2.24, 2.45) is 0 Å². The minimum atomic E-state index is -0.813. The summed E-state index contributed by atoms with van der Waals surface area (Å²) in [6.07, 6.45) is 1.03. The van der Waals surface area contributed by atoms with Crippen molar-refractivity contribution in [3.63, 3.8) is 0 Å². The van der Waals surface area contributed by atoms with E-state index < -0.39 is 22.7 Å². The van der Waals surface area contributed by atoms with Crippen LogP contribution >= 0.6 is 24.0 Å². The predicted octanol–water partition coefficient (Wildman–Crippen LogP) is 1.96. The third-order valence-electron chi connectivity index (χ3n) is 4.29. The van der Waals surface area contributed by atoms with Gasteiger partial charge in [0.25, 0.3) is 0 Å². The number of hydrogen-bond acceptors (Lipinski definition) is 6. The molecule has 3 rings (SSSR count). The lowest BCUT2D eigenvalue weighted by atomic mass is 10.2. The van der Waals surface area contributed by atoms with E-state index in [9.17, 15) is 13.4 Å². The van der Waals surface area contributed by atoms with Gasteiger partial charge in [-0.15, -0.1) is 11.8 Å². The van der Waals surface area contributed by atoms with E-state index in [0.717, 1.165) is 0 Å². The first-order valence-corrected chi connectivity index (χ1v) is 11.3. The van der Waals surface area contributed by atoms with Crippen molar-refractivity contribution in [1.82, 2.24) is 5.32 Å². The molecule has 10 heteroatoms. The van der Waals surface area contributed by atoms with Crippen molar-refractivity contribution in [2.45, 2.75) is 6.10 Å². The van der Waals surface area contributed by atoms with Crippen LogP contribution < -0.4 is 15.1 Å². The molecule has 0 saturated carbocycles. The highest BCUT2D eigenvalue weighted by atomic mass is 32.2. The third kappa shape index (κ3) is 4.47. The van der Waals surface area contributed by atoms with Gasteiger partial charge in [0.1, 0.15) is 16.2 Å². The van der Waals surface area contributed by atoms with E-state index in [1.54, 1.807) is 12.1 Å². The molecule has 0 bridgehead atoms. The normalized spacial score (nSPS) is 21.0. The van der Waals surface area contributed by atoms with Gasteiger partial charge >= 0.3 is 6.09 Å². The van der Waals surface area contributed by atoms with Gasteiger partial charge in [-0.25, -0.2) is 9.18 Å². The molecule has 0 aliphatic carbocycles. The van der Waals surface area contributed by atoms with Crippen LogP contribution in [0.4, 0.5) is 20.6 Å². The Morgan fingerprint density at radius 1 is 1.46 bits per heavy atom. The number of hydrogen-bond donors (Lipinski definition) is 1. The number of anilines is 2. The first-order chi connectivity index (χ1) is 12.5. The van der Waals surface area contributed by atoms with Crippen LogP contribution in [-0.4, -0.2) is 64.7 Å². The zero-order valence-corrected chi connectivity index (χ0v) is 16.7. The number of carbonyl (C=O) groups excluding carboxylic acids is 1. The van der Waals surface area contributed by atoms with Gasteiger partial charge in [0.15, 0.2) is 0 Å². The van der Waals surface area contributed by atoms with Gasteiger partial charge in [-0.1, -0.05) is 12.2 Å². The Morgan fingerprint density at radius 3 is 2.85 bits per heavy atom. The van der Waals surface area contributed by atoms with Crippen LogP contribution in [0.3, 0.4) is 0 Å². The number of amides is 1. The van der Waals surface area contributed by atoms with Gasteiger partial charge in [-0.2, -0.15) is 0 Å². The van der Waals surface area contributed by atoms with Crippen molar-refractivity contribution < 1.29 is 18.1 Å². The topological polar surface area (TPSA) is 61.9 Å². The maximum atomic E-state index is 14.6. The maximum absolute atomic E-state index is 14.6. The van der Waals surface area contributed by atoms with Gasteiger partial charge < -0.3 is 15.0 Å². The summed E-state index contributed by atoms with van der Waals surface area (Å²) in [5.41, 5.74) is 0.938. The molecule has 1 amide bonds. The molecule has 0 radical (unpaired) electrons. The lowest BCUT2D eigenvalue weighted by Gasteiger charge is -2.29. The summed E-state index contributed by atoms with van der Waals surface area (Å²) >= 11 is 6.48. The highest BCUT2D eigenvalue weighted by Crippen LogP contribution is 2.28. The average molecular weight is 418 g/mol. The van der Waals surface area contributed by atoms with Crippen LogP contribution in [0.15, 0.2) is 18.2 Å². The van der Waals surface area contributed by atoms with Gasteiger partial charge in [0.05, 0.1) is 24.5 Å². The monoisotopic (exact) mass is 417 g/mol. The van der Waals surface area contributed by atoms with Gasteiger partial charge in [0.2, 0.25) is 0 Å². The Labute approximate surface area is 163 Å². The molecule has 0 aromatic heterocycles. The molecule has 1 N–H and O–H groups in total. The largest absolute Gasteiger partial charge is 0.442 e. The van der Waals surface area contributed by atoms with E-state index in [1.807, 2.05) is 11.2 Å². The molecule has 2 fully saturated rings. The lowest BCUT2D eigenvalue weighted by Crippen LogP contribution is -2.38. The second-order valence-corrected chi connectivity index (χ2v) is 9.14. The average Bonchev–Trinajstić information content (AvgIpc) is 3.01. The number of nitrogens with zero attached hydrogens (tertiary/aromatic N) is 2. The fraction of sp³-hybridized carbons (Fsp3) is 0.500. The van der Waals surface area contributed by atoms with Crippen molar-refractivity contribution in [1.29, 1.82) is 0 Å². The molecule has 2 saturated heterocycles. The molecule has 0 spiro atoms. The minimum Gasteiger partial charge on any atom is -0.442 e. The number of benzene rings is 1.